The summed E-state index contributed by atoms with van der Waals surface area (Å²) in [6.07, 6.45) is 0. The van der Waals surface area contributed by atoms with Crippen molar-refractivity contribution in [3.05, 3.63) is 27.2 Å². The highest BCUT2D eigenvalue weighted by molar-refractivity contribution is 5.96. The van der Waals surface area contributed by atoms with E-state index in [2.05, 4.69) is 9.84 Å². The number of methoxy groups -OCH3 is 1. The fourth-order valence-corrected chi connectivity index (χ4v) is 1.62. The van der Waals surface area contributed by atoms with Crippen LogP contribution in [0.25, 0.3) is 0 Å². The van der Waals surface area contributed by atoms with Crippen LogP contribution in [0.3, 0.4) is 0 Å². The standard InChI is InChI=1S/C12H17N3O4/c1-7-8(2)13-15(4)12(18)10(7)11(17)14(3)6-9(16)19-5/h6H2,1-5H3. The van der Waals surface area contributed by atoms with Crippen LogP contribution in [0.4, 0.5) is 0 Å². The number of ether oxygens (including phenoxy) is 1. The van der Waals surface area contributed by atoms with Crippen molar-refractivity contribution in [3.8, 4) is 0 Å². The van der Waals surface area contributed by atoms with E-state index in [0.29, 0.717) is 11.3 Å². The SMILES string of the molecule is COC(=O)CN(C)C(=O)c1c(C)c(C)nn(C)c1=O. The second kappa shape index (κ2) is 5.64. The molecule has 7 nitrogen and oxygen atoms in total. The Labute approximate surface area is 110 Å². The molecule has 0 atom stereocenters. The molecule has 0 radical (unpaired) electrons. The van der Waals surface area contributed by atoms with Gasteiger partial charge in [0.2, 0.25) is 0 Å². The molecule has 0 aliphatic carbocycles. The van der Waals surface area contributed by atoms with Gasteiger partial charge in [0.15, 0.2) is 0 Å². The highest BCUT2D eigenvalue weighted by atomic mass is 16.5. The molecule has 7 heteroatoms. The quantitative estimate of drug-likeness (QED) is 0.699. The van der Waals surface area contributed by atoms with Gasteiger partial charge in [-0.15, -0.1) is 0 Å². The first-order valence-electron chi connectivity index (χ1n) is 5.66. The Kier molecular flexibility index (Phi) is 4.42. The number of carbonyl (C=O) groups excluding carboxylic acids is 2. The molecule has 0 saturated heterocycles. The molecule has 0 saturated carbocycles. The first-order chi connectivity index (χ1) is 8.79. The lowest BCUT2D eigenvalue weighted by molar-refractivity contribution is -0.141. The molecule has 1 heterocycles. The maximum absolute atomic E-state index is 12.2. The third-order valence-electron chi connectivity index (χ3n) is 2.88. The second-order valence-corrected chi connectivity index (χ2v) is 4.25. The minimum atomic E-state index is -0.545. The van der Waals surface area contributed by atoms with Crippen molar-refractivity contribution in [3.63, 3.8) is 0 Å². The zero-order valence-corrected chi connectivity index (χ0v) is 11.7. The van der Waals surface area contributed by atoms with Gasteiger partial charge in [-0.2, -0.15) is 5.10 Å². The Bertz CT molecular complexity index is 577. The number of amides is 1. The highest BCUT2D eigenvalue weighted by Gasteiger charge is 2.22. The fraction of sp³-hybridized carbons (Fsp3) is 0.500. The van der Waals surface area contributed by atoms with Crippen molar-refractivity contribution in [2.24, 2.45) is 7.05 Å². The van der Waals surface area contributed by atoms with E-state index in [1.807, 2.05) is 0 Å². The number of esters is 1. The summed E-state index contributed by atoms with van der Waals surface area (Å²) < 4.78 is 5.60. The monoisotopic (exact) mass is 267 g/mol. The smallest absolute Gasteiger partial charge is 0.325 e. The summed E-state index contributed by atoms with van der Waals surface area (Å²) in [6, 6.07) is 0. The summed E-state index contributed by atoms with van der Waals surface area (Å²) in [5.41, 5.74) is 0.660. The Balaban J connectivity index is 3.20. The van der Waals surface area contributed by atoms with Crippen LogP contribution in [0.15, 0.2) is 4.79 Å². The maximum Gasteiger partial charge on any atom is 0.325 e. The molecule has 0 spiro atoms. The zero-order chi connectivity index (χ0) is 14.7. The van der Waals surface area contributed by atoms with Crippen LogP contribution in [0.1, 0.15) is 21.6 Å². The van der Waals surface area contributed by atoms with Crippen LogP contribution in [0.5, 0.6) is 0 Å². The molecule has 19 heavy (non-hydrogen) atoms. The van der Waals surface area contributed by atoms with E-state index in [4.69, 9.17) is 0 Å². The summed E-state index contributed by atoms with van der Waals surface area (Å²) in [6.45, 7) is 3.16. The van der Waals surface area contributed by atoms with Gasteiger partial charge in [-0.25, -0.2) is 4.68 Å². The number of nitrogens with zero attached hydrogens (tertiary/aromatic N) is 3. The van der Waals surface area contributed by atoms with Gasteiger partial charge in [0, 0.05) is 14.1 Å². The highest BCUT2D eigenvalue weighted by Crippen LogP contribution is 2.08. The lowest BCUT2D eigenvalue weighted by Gasteiger charge is -2.17. The molecule has 0 N–H and O–H groups in total. The third kappa shape index (κ3) is 2.98. The predicted octanol–water partition coefficient (Wildman–Crippen LogP) is -0.358. The van der Waals surface area contributed by atoms with Crippen molar-refractivity contribution in [1.82, 2.24) is 14.7 Å². The van der Waals surface area contributed by atoms with E-state index in [1.165, 1.54) is 21.2 Å². The van der Waals surface area contributed by atoms with Crippen molar-refractivity contribution >= 4 is 11.9 Å². The minimum absolute atomic E-state index is 0.0291. The molecule has 1 amide bonds. The van der Waals surface area contributed by atoms with E-state index in [0.717, 1.165) is 9.58 Å². The number of aromatic nitrogens is 2. The lowest BCUT2D eigenvalue weighted by Crippen LogP contribution is -2.38. The molecular formula is C12H17N3O4. The van der Waals surface area contributed by atoms with Gasteiger partial charge in [0.25, 0.3) is 11.5 Å². The van der Waals surface area contributed by atoms with Gasteiger partial charge >= 0.3 is 5.97 Å². The maximum atomic E-state index is 12.2. The average Bonchev–Trinajstić information content (AvgIpc) is 2.36. The number of carbonyl (C=O) groups is 2. The van der Waals surface area contributed by atoms with E-state index in [1.54, 1.807) is 13.8 Å². The minimum Gasteiger partial charge on any atom is -0.468 e. The number of rotatable bonds is 3. The summed E-state index contributed by atoms with van der Waals surface area (Å²) in [5.74, 6) is -1.06. The van der Waals surface area contributed by atoms with E-state index >= 15 is 0 Å². The van der Waals surface area contributed by atoms with E-state index < -0.39 is 17.4 Å². The normalized spacial score (nSPS) is 10.2. The second-order valence-electron chi connectivity index (χ2n) is 4.25. The van der Waals surface area contributed by atoms with Crippen LogP contribution in [0, 0.1) is 13.8 Å². The number of aryl methyl sites for hydroxylation is 2. The van der Waals surface area contributed by atoms with Crippen LogP contribution in [-0.4, -0.2) is 47.3 Å². The van der Waals surface area contributed by atoms with Gasteiger partial charge in [-0.1, -0.05) is 0 Å². The number of hydrogen-bond donors (Lipinski definition) is 0. The predicted molar refractivity (Wildman–Crippen MR) is 67.9 cm³/mol. The average molecular weight is 267 g/mol. The Morgan fingerprint density at radius 3 is 2.47 bits per heavy atom. The van der Waals surface area contributed by atoms with Crippen LogP contribution in [-0.2, 0) is 16.6 Å². The van der Waals surface area contributed by atoms with E-state index in [-0.39, 0.29) is 12.1 Å². The molecule has 1 aromatic heterocycles. The first kappa shape index (κ1) is 14.9. The van der Waals surface area contributed by atoms with Gasteiger partial charge in [-0.05, 0) is 19.4 Å². The topological polar surface area (TPSA) is 81.5 Å². The number of likely N-dealkylation sites (N-methyl/N-ethyl adjacent to an activating group) is 1. The third-order valence-corrected chi connectivity index (χ3v) is 2.88. The Morgan fingerprint density at radius 1 is 1.37 bits per heavy atom. The van der Waals surface area contributed by atoms with Gasteiger partial charge < -0.3 is 9.64 Å². The van der Waals surface area contributed by atoms with Crippen molar-refractivity contribution < 1.29 is 14.3 Å². The molecule has 0 aliphatic heterocycles. The molecule has 0 unspecified atom stereocenters. The summed E-state index contributed by atoms with van der Waals surface area (Å²) in [7, 11) is 4.15. The zero-order valence-electron chi connectivity index (χ0n) is 11.7. The van der Waals surface area contributed by atoms with Gasteiger partial charge in [0.1, 0.15) is 12.1 Å². The summed E-state index contributed by atoms with van der Waals surface area (Å²) in [4.78, 5) is 36.5. The summed E-state index contributed by atoms with van der Waals surface area (Å²) in [5, 5.41) is 3.99. The molecule has 1 rings (SSSR count). The molecule has 0 bridgehead atoms. The van der Waals surface area contributed by atoms with Crippen LogP contribution >= 0.6 is 0 Å². The first-order valence-corrected chi connectivity index (χ1v) is 5.66. The van der Waals surface area contributed by atoms with Crippen molar-refractivity contribution in [2.45, 2.75) is 13.8 Å². The van der Waals surface area contributed by atoms with Crippen LogP contribution < -0.4 is 5.56 Å². The lowest BCUT2D eigenvalue weighted by atomic mass is 10.1. The molecular weight excluding hydrogens is 250 g/mol. The Hall–Kier alpha value is -2.18. The van der Waals surface area contributed by atoms with Crippen molar-refractivity contribution in [2.75, 3.05) is 20.7 Å². The summed E-state index contributed by atoms with van der Waals surface area (Å²) >= 11 is 0. The van der Waals surface area contributed by atoms with Gasteiger partial charge in [-0.3, -0.25) is 14.4 Å². The van der Waals surface area contributed by atoms with Gasteiger partial charge in [0.05, 0.1) is 12.8 Å². The van der Waals surface area contributed by atoms with Crippen LogP contribution in [0.2, 0.25) is 0 Å². The Morgan fingerprint density at radius 2 is 1.95 bits per heavy atom. The molecule has 0 aromatic carbocycles. The fourth-order valence-electron chi connectivity index (χ4n) is 1.62. The van der Waals surface area contributed by atoms with E-state index in [9.17, 15) is 14.4 Å². The molecule has 1 aromatic rings. The number of hydrogen-bond acceptors (Lipinski definition) is 5. The molecule has 0 aliphatic rings. The van der Waals surface area contributed by atoms with Crippen molar-refractivity contribution in [1.29, 1.82) is 0 Å². The molecule has 104 valence electrons. The molecule has 0 fully saturated rings. The largest absolute Gasteiger partial charge is 0.468 e.